The highest BCUT2D eigenvalue weighted by molar-refractivity contribution is 9.10. The van der Waals surface area contributed by atoms with Gasteiger partial charge in [0.1, 0.15) is 17.4 Å². The molecule has 0 aliphatic rings. The fourth-order valence-electron chi connectivity index (χ4n) is 2.39. The van der Waals surface area contributed by atoms with Gasteiger partial charge >= 0.3 is 0 Å². The Morgan fingerprint density at radius 3 is 2.62 bits per heavy atom. The summed E-state index contributed by atoms with van der Waals surface area (Å²) < 4.78 is 20.6. The van der Waals surface area contributed by atoms with Gasteiger partial charge in [0.05, 0.1) is 19.9 Å². The van der Waals surface area contributed by atoms with Crippen LogP contribution in [-0.4, -0.2) is 22.1 Å². The molecule has 0 unspecified atom stereocenters. The second-order valence-corrected chi connectivity index (χ2v) is 6.33. The Hall–Kier alpha value is -2.80. The first-order chi connectivity index (χ1) is 12.6. The molecule has 0 saturated carbocycles. The summed E-state index contributed by atoms with van der Waals surface area (Å²) in [6.45, 7) is 3.99. The Morgan fingerprint density at radius 1 is 1.15 bits per heavy atom. The summed E-state index contributed by atoms with van der Waals surface area (Å²) >= 11 is 3.44. The second kappa shape index (κ2) is 8.05. The van der Waals surface area contributed by atoms with Crippen LogP contribution in [0, 0.1) is 5.82 Å². The fraction of sp³-hybridized carbons (Fsp3) is 0.105. The molecular formula is C19H16BrFN4O. The van der Waals surface area contributed by atoms with E-state index in [-0.39, 0.29) is 12.4 Å². The molecule has 0 radical (unpaired) electrons. The van der Waals surface area contributed by atoms with Gasteiger partial charge in [-0.2, -0.15) is 0 Å². The van der Waals surface area contributed by atoms with Gasteiger partial charge in [-0.3, -0.25) is 4.98 Å². The standard InChI is InChI=1S/C19H16BrFN4O/c1-13(26-2)14-3-4-15(17(21)9-14)12-25(19-11-22-7-8-24-19)18-10-16(20)5-6-23-18/h3-11H,1,12H2,2H3. The molecule has 0 saturated heterocycles. The average molecular weight is 415 g/mol. The molecule has 0 fully saturated rings. The fourth-order valence-corrected chi connectivity index (χ4v) is 2.71. The van der Waals surface area contributed by atoms with Crippen molar-refractivity contribution >= 4 is 33.3 Å². The Morgan fingerprint density at radius 2 is 1.96 bits per heavy atom. The number of benzene rings is 1. The normalized spacial score (nSPS) is 10.4. The molecule has 3 rings (SSSR count). The molecule has 0 bridgehead atoms. The summed E-state index contributed by atoms with van der Waals surface area (Å²) in [5.41, 5.74) is 1.09. The van der Waals surface area contributed by atoms with Gasteiger partial charge in [0.25, 0.3) is 0 Å². The van der Waals surface area contributed by atoms with Crippen molar-refractivity contribution in [3.05, 3.63) is 83.1 Å². The van der Waals surface area contributed by atoms with E-state index in [0.717, 1.165) is 4.47 Å². The molecule has 2 heterocycles. The van der Waals surface area contributed by atoms with Gasteiger partial charge in [0.15, 0.2) is 5.82 Å². The van der Waals surface area contributed by atoms with E-state index in [0.29, 0.717) is 28.5 Å². The number of hydrogen-bond acceptors (Lipinski definition) is 5. The molecule has 0 atom stereocenters. The Bertz CT molecular complexity index is 920. The van der Waals surface area contributed by atoms with Crippen LogP contribution in [0.1, 0.15) is 11.1 Å². The molecule has 0 amide bonds. The maximum Gasteiger partial charge on any atom is 0.152 e. The van der Waals surface area contributed by atoms with Crippen LogP contribution in [0.5, 0.6) is 0 Å². The van der Waals surface area contributed by atoms with E-state index in [2.05, 4.69) is 37.5 Å². The highest BCUT2D eigenvalue weighted by Crippen LogP contribution is 2.27. The molecular weight excluding hydrogens is 399 g/mol. The highest BCUT2D eigenvalue weighted by atomic mass is 79.9. The van der Waals surface area contributed by atoms with E-state index in [4.69, 9.17) is 4.74 Å². The van der Waals surface area contributed by atoms with Gasteiger partial charge in [-0.1, -0.05) is 34.6 Å². The van der Waals surface area contributed by atoms with Crippen LogP contribution in [-0.2, 0) is 11.3 Å². The molecule has 0 aliphatic carbocycles. The summed E-state index contributed by atoms with van der Waals surface area (Å²) in [4.78, 5) is 14.6. The average Bonchev–Trinajstić information content (AvgIpc) is 2.67. The van der Waals surface area contributed by atoms with Crippen LogP contribution in [0.25, 0.3) is 5.76 Å². The van der Waals surface area contributed by atoms with Crippen molar-refractivity contribution in [2.45, 2.75) is 6.54 Å². The first-order valence-corrected chi connectivity index (χ1v) is 8.54. The number of aromatic nitrogens is 3. The van der Waals surface area contributed by atoms with Crippen molar-refractivity contribution in [3.63, 3.8) is 0 Å². The van der Waals surface area contributed by atoms with Crippen LogP contribution >= 0.6 is 15.9 Å². The summed E-state index contributed by atoms with van der Waals surface area (Å²) in [5, 5.41) is 0. The SMILES string of the molecule is C=C(OC)c1ccc(CN(c2cnccn2)c2cc(Br)ccn2)c(F)c1. The molecule has 3 aromatic rings. The summed E-state index contributed by atoms with van der Waals surface area (Å²) in [6, 6.07) is 8.55. The predicted molar refractivity (Wildman–Crippen MR) is 102 cm³/mol. The Labute approximate surface area is 159 Å². The smallest absolute Gasteiger partial charge is 0.152 e. The zero-order valence-electron chi connectivity index (χ0n) is 14.1. The lowest BCUT2D eigenvalue weighted by Crippen LogP contribution is -2.20. The van der Waals surface area contributed by atoms with Gasteiger partial charge in [0, 0.05) is 34.2 Å². The largest absolute Gasteiger partial charge is 0.497 e. The molecule has 5 nitrogen and oxygen atoms in total. The maximum atomic E-state index is 14.6. The minimum Gasteiger partial charge on any atom is -0.497 e. The Kier molecular flexibility index (Phi) is 5.58. The molecule has 0 N–H and O–H groups in total. The van der Waals surface area contributed by atoms with Gasteiger partial charge in [0.2, 0.25) is 0 Å². The lowest BCUT2D eigenvalue weighted by molar-refractivity contribution is 0.371. The third-order valence-corrected chi connectivity index (χ3v) is 4.25. The zero-order chi connectivity index (χ0) is 18.5. The van der Waals surface area contributed by atoms with E-state index in [1.165, 1.54) is 13.2 Å². The van der Waals surface area contributed by atoms with Crippen molar-refractivity contribution < 1.29 is 9.13 Å². The first-order valence-electron chi connectivity index (χ1n) is 7.75. The minimum atomic E-state index is -0.357. The number of nitrogens with zero attached hydrogens (tertiary/aromatic N) is 4. The molecule has 26 heavy (non-hydrogen) atoms. The van der Waals surface area contributed by atoms with Crippen molar-refractivity contribution in [3.8, 4) is 0 Å². The van der Waals surface area contributed by atoms with Crippen LogP contribution in [0.3, 0.4) is 0 Å². The van der Waals surface area contributed by atoms with Crippen LogP contribution in [0.4, 0.5) is 16.0 Å². The van der Waals surface area contributed by atoms with Gasteiger partial charge in [-0.15, -0.1) is 0 Å². The lowest BCUT2D eigenvalue weighted by atomic mass is 10.1. The summed E-state index contributed by atoms with van der Waals surface area (Å²) in [7, 11) is 1.50. The van der Waals surface area contributed by atoms with Crippen molar-refractivity contribution in [2.75, 3.05) is 12.0 Å². The minimum absolute atomic E-state index is 0.244. The number of anilines is 2. The quantitative estimate of drug-likeness (QED) is 0.545. The molecule has 0 aliphatic heterocycles. The number of hydrogen-bond donors (Lipinski definition) is 0. The number of rotatable bonds is 6. The monoisotopic (exact) mass is 414 g/mol. The number of methoxy groups -OCH3 is 1. The van der Waals surface area contributed by atoms with E-state index < -0.39 is 0 Å². The zero-order valence-corrected chi connectivity index (χ0v) is 15.6. The molecule has 132 valence electrons. The lowest BCUT2D eigenvalue weighted by Gasteiger charge is -2.23. The van der Waals surface area contributed by atoms with E-state index in [1.807, 2.05) is 12.1 Å². The first kappa shape index (κ1) is 18.0. The third-order valence-electron chi connectivity index (χ3n) is 3.76. The van der Waals surface area contributed by atoms with Crippen LogP contribution in [0.2, 0.25) is 0 Å². The third kappa shape index (κ3) is 4.05. The predicted octanol–water partition coefficient (Wildman–Crippen LogP) is 4.73. The van der Waals surface area contributed by atoms with Gasteiger partial charge < -0.3 is 9.64 Å². The second-order valence-electron chi connectivity index (χ2n) is 5.42. The van der Waals surface area contributed by atoms with Gasteiger partial charge in [-0.05, 0) is 18.2 Å². The van der Waals surface area contributed by atoms with E-state index in [9.17, 15) is 4.39 Å². The summed E-state index contributed by atoms with van der Waals surface area (Å²) in [6.07, 6.45) is 6.45. The number of halogens is 2. The molecule has 0 spiro atoms. The van der Waals surface area contributed by atoms with E-state index in [1.54, 1.807) is 41.8 Å². The van der Waals surface area contributed by atoms with Crippen molar-refractivity contribution in [1.29, 1.82) is 0 Å². The summed E-state index contributed by atoms with van der Waals surface area (Å²) in [5.74, 6) is 1.26. The molecule has 2 aromatic heterocycles. The number of pyridine rings is 1. The van der Waals surface area contributed by atoms with Crippen LogP contribution in [0.15, 0.2) is 66.2 Å². The van der Waals surface area contributed by atoms with Crippen LogP contribution < -0.4 is 4.90 Å². The Balaban J connectivity index is 1.98. The highest BCUT2D eigenvalue weighted by Gasteiger charge is 2.16. The van der Waals surface area contributed by atoms with E-state index >= 15 is 0 Å². The molecule has 1 aromatic carbocycles. The molecule has 7 heteroatoms. The number of ether oxygens (including phenoxy) is 1. The topological polar surface area (TPSA) is 51.1 Å². The maximum absolute atomic E-state index is 14.6. The van der Waals surface area contributed by atoms with Crippen molar-refractivity contribution in [2.24, 2.45) is 0 Å². The van der Waals surface area contributed by atoms with Crippen molar-refractivity contribution in [1.82, 2.24) is 15.0 Å². The van der Waals surface area contributed by atoms with Gasteiger partial charge in [-0.25, -0.2) is 14.4 Å².